The molecular formula is C17H28N2. The Hall–Kier alpha value is -1.02. The maximum Gasteiger partial charge on any atom is 0.0399 e. The first-order chi connectivity index (χ1) is 9.08. The number of nitrogens with two attached hydrogens (primary N) is 1. The smallest absolute Gasteiger partial charge is 0.0399 e. The van der Waals surface area contributed by atoms with E-state index >= 15 is 0 Å². The summed E-state index contributed by atoms with van der Waals surface area (Å²) >= 11 is 0. The molecule has 2 heteroatoms. The van der Waals surface area contributed by atoms with E-state index in [1.54, 1.807) is 0 Å². The molecule has 1 aliphatic heterocycles. The number of para-hydroxylation sites is 1. The second-order valence-corrected chi connectivity index (χ2v) is 6.58. The molecular weight excluding hydrogens is 232 g/mol. The molecule has 2 N–H and O–H groups in total. The van der Waals surface area contributed by atoms with Crippen LogP contribution in [0, 0.1) is 11.3 Å². The van der Waals surface area contributed by atoms with Gasteiger partial charge in [0.05, 0.1) is 0 Å². The second kappa shape index (κ2) is 5.96. The van der Waals surface area contributed by atoms with Gasteiger partial charge in [0.15, 0.2) is 0 Å². The Kier molecular flexibility index (Phi) is 4.51. The van der Waals surface area contributed by atoms with Gasteiger partial charge in [0.2, 0.25) is 0 Å². The van der Waals surface area contributed by atoms with Crippen LogP contribution in [-0.4, -0.2) is 19.6 Å². The zero-order valence-corrected chi connectivity index (χ0v) is 12.7. The van der Waals surface area contributed by atoms with Crippen molar-refractivity contribution < 1.29 is 0 Å². The highest BCUT2D eigenvalue weighted by Crippen LogP contribution is 2.33. The summed E-state index contributed by atoms with van der Waals surface area (Å²) in [4.78, 5) is 2.56. The Labute approximate surface area is 118 Å². The van der Waals surface area contributed by atoms with E-state index in [2.05, 4.69) is 49.9 Å². The van der Waals surface area contributed by atoms with Crippen molar-refractivity contribution >= 4 is 5.69 Å². The van der Waals surface area contributed by atoms with Gasteiger partial charge in [0, 0.05) is 18.8 Å². The van der Waals surface area contributed by atoms with E-state index in [1.165, 1.54) is 30.5 Å². The number of rotatable bonds is 5. The minimum absolute atomic E-state index is 0.235. The van der Waals surface area contributed by atoms with Crippen molar-refractivity contribution in [3.63, 3.8) is 0 Å². The zero-order valence-electron chi connectivity index (χ0n) is 12.7. The van der Waals surface area contributed by atoms with E-state index in [9.17, 15) is 0 Å². The summed E-state index contributed by atoms with van der Waals surface area (Å²) in [5, 5.41) is 0. The van der Waals surface area contributed by atoms with Crippen LogP contribution in [0.25, 0.3) is 0 Å². The summed E-state index contributed by atoms with van der Waals surface area (Å²) in [6.07, 6.45) is 3.62. The maximum absolute atomic E-state index is 6.04. The first-order valence-corrected chi connectivity index (χ1v) is 7.61. The molecule has 1 aliphatic rings. The van der Waals surface area contributed by atoms with Gasteiger partial charge in [-0.15, -0.1) is 0 Å². The van der Waals surface area contributed by atoms with Crippen LogP contribution < -0.4 is 10.6 Å². The van der Waals surface area contributed by atoms with Gasteiger partial charge in [-0.3, -0.25) is 0 Å². The molecule has 106 valence electrons. The molecule has 1 aromatic rings. The molecule has 0 saturated carbocycles. The standard InChI is InChI=1S/C17H28N2/c1-4-9-17(3,12-18)13-19-11-14(2)10-15-7-5-6-8-16(15)19/h5-8,14H,4,9-13,18H2,1-3H3. The predicted octanol–water partition coefficient (Wildman–Crippen LogP) is 3.45. The van der Waals surface area contributed by atoms with Crippen LogP contribution in [-0.2, 0) is 6.42 Å². The molecule has 19 heavy (non-hydrogen) atoms. The molecule has 2 rings (SSSR count). The third-order valence-corrected chi connectivity index (χ3v) is 4.35. The van der Waals surface area contributed by atoms with E-state index in [1.807, 2.05) is 0 Å². The van der Waals surface area contributed by atoms with Gasteiger partial charge < -0.3 is 10.6 Å². The molecule has 2 nitrogen and oxygen atoms in total. The predicted molar refractivity (Wildman–Crippen MR) is 83.6 cm³/mol. The second-order valence-electron chi connectivity index (χ2n) is 6.58. The Bertz CT molecular complexity index is 415. The molecule has 0 saturated heterocycles. The Morgan fingerprint density at radius 2 is 2.11 bits per heavy atom. The number of benzene rings is 1. The lowest BCUT2D eigenvalue weighted by molar-refractivity contribution is 0.299. The van der Waals surface area contributed by atoms with Gasteiger partial charge in [0.25, 0.3) is 0 Å². The zero-order chi connectivity index (χ0) is 13.9. The normalized spacial score (nSPS) is 21.9. The molecule has 0 fully saturated rings. The maximum atomic E-state index is 6.04. The van der Waals surface area contributed by atoms with E-state index in [0.717, 1.165) is 25.6 Å². The van der Waals surface area contributed by atoms with Crippen molar-refractivity contribution in [2.24, 2.45) is 17.1 Å². The van der Waals surface area contributed by atoms with Crippen LogP contribution in [0.4, 0.5) is 5.69 Å². The van der Waals surface area contributed by atoms with Crippen molar-refractivity contribution in [1.82, 2.24) is 0 Å². The Balaban J connectivity index is 2.20. The highest BCUT2D eigenvalue weighted by molar-refractivity contribution is 5.55. The summed E-state index contributed by atoms with van der Waals surface area (Å²) < 4.78 is 0. The summed E-state index contributed by atoms with van der Waals surface area (Å²) in [7, 11) is 0. The van der Waals surface area contributed by atoms with Crippen molar-refractivity contribution in [2.45, 2.75) is 40.0 Å². The average molecular weight is 260 g/mol. The first-order valence-electron chi connectivity index (χ1n) is 7.61. The molecule has 0 amide bonds. The van der Waals surface area contributed by atoms with Gasteiger partial charge in [0.1, 0.15) is 0 Å². The molecule has 0 aromatic heterocycles. The monoisotopic (exact) mass is 260 g/mol. The molecule has 1 aromatic carbocycles. The number of nitrogens with zero attached hydrogens (tertiary/aromatic N) is 1. The van der Waals surface area contributed by atoms with Crippen molar-refractivity contribution in [1.29, 1.82) is 0 Å². The fraction of sp³-hybridized carbons (Fsp3) is 0.647. The van der Waals surface area contributed by atoms with Crippen LogP contribution in [0.3, 0.4) is 0 Å². The van der Waals surface area contributed by atoms with Gasteiger partial charge in [-0.05, 0) is 42.3 Å². The average Bonchev–Trinajstić information content (AvgIpc) is 2.39. The third kappa shape index (κ3) is 3.30. The Morgan fingerprint density at radius 1 is 1.37 bits per heavy atom. The summed E-state index contributed by atoms with van der Waals surface area (Å²) in [6.45, 7) is 9.95. The van der Waals surface area contributed by atoms with E-state index in [0.29, 0.717) is 0 Å². The Morgan fingerprint density at radius 3 is 2.79 bits per heavy atom. The van der Waals surface area contributed by atoms with Crippen LogP contribution in [0.15, 0.2) is 24.3 Å². The topological polar surface area (TPSA) is 29.3 Å². The molecule has 1 heterocycles. The largest absolute Gasteiger partial charge is 0.370 e. The molecule has 2 atom stereocenters. The molecule has 2 unspecified atom stereocenters. The molecule has 0 radical (unpaired) electrons. The van der Waals surface area contributed by atoms with E-state index in [-0.39, 0.29) is 5.41 Å². The summed E-state index contributed by atoms with van der Waals surface area (Å²) in [5.74, 6) is 0.735. The molecule has 0 bridgehead atoms. The number of anilines is 1. The van der Waals surface area contributed by atoms with Gasteiger partial charge in [-0.25, -0.2) is 0 Å². The fourth-order valence-corrected chi connectivity index (χ4v) is 3.37. The van der Waals surface area contributed by atoms with Crippen LogP contribution in [0.2, 0.25) is 0 Å². The minimum Gasteiger partial charge on any atom is -0.370 e. The van der Waals surface area contributed by atoms with Gasteiger partial charge in [-0.1, -0.05) is 45.4 Å². The van der Waals surface area contributed by atoms with E-state index < -0.39 is 0 Å². The summed E-state index contributed by atoms with van der Waals surface area (Å²) in [5.41, 5.74) is 9.20. The van der Waals surface area contributed by atoms with Crippen LogP contribution in [0.1, 0.15) is 39.2 Å². The van der Waals surface area contributed by atoms with Crippen LogP contribution >= 0.6 is 0 Å². The first kappa shape index (κ1) is 14.4. The lowest BCUT2D eigenvalue weighted by Gasteiger charge is -2.41. The highest BCUT2D eigenvalue weighted by Gasteiger charge is 2.29. The van der Waals surface area contributed by atoms with Gasteiger partial charge >= 0.3 is 0 Å². The summed E-state index contributed by atoms with van der Waals surface area (Å²) in [6, 6.07) is 8.85. The lowest BCUT2D eigenvalue weighted by atomic mass is 9.83. The van der Waals surface area contributed by atoms with Crippen molar-refractivity contribution in [2.75, 3.05) is 24.5 Å². The third-order valence-electron chi connectivity index (χ3n) is 4.35. The molecule has 0 spiro atoms. The number of hydrogen-bond acceptors (Lipinski definition) is 2. The SMILES string of the molecule is CCCC(C)(CN)CN1CC(C)Cc2ccccc21. The molecule has 0 aliphatic carbocycles. The minimum atomic E-state index is 0.235. The van der Waals surface area contributed by atoms with E-state index in [4.69, 9.17) is 5.73 Å². The lowest BCUT2D eigenvalue weighted by Crippen LogP contribution is -2.44. The fourth-order valence-electron chi connectivity index (χ4n) is 3.37. The van der Waals surface area contributed by atoms with Crippen molar-refractivity contribution in [3.05, 3.63) is 29.8 Å². The highest BCUT2D eigenvalue weighted by atomic mass is 15.1. The number of fused-ring (bicyclic) bond motifs is 1. The van der Waals surface area contributed by atoms with Crippen LogP contribution in [0.5, 0.6) is 0 Å². The number of hydrogen-bond donors (Lipinski definition) is 1. The quantitative estimate of drug-likeness (QED) is 0.878. The van der Waals surface area contributed by atoms with Gasteiger partial charge in [-0.2, -0.15) is 0 Å². The van der Waals surface area contributed by atoms with Crippen molar-refractivity contribution in [3.8, 4) is 0 Å².